The standard InChI is InChI=1S/C16H24N2O2/c1-12(2)17-11-13-5-7-14(8-6-13)18-16(19)10-15-4-3-9-20-15/h5-8,12,15,17H,3-4,9-11H2,1-2H3,(H,18,19). The van der Waals surface area contributed by atoms with Crippen molar-refractivity contribution in [2.24, 2.45) is 0 Å². The molecule has 4 nitrogen and oxygen atoms in total. The maximum absolute atomic E-state index is 11.9. The van der Waals surface area contributed by atoms with Crippen LogP contribution in [-0.2, 0) is 16.1 Å². The van der Waals surface area contributed by atoms with E-state index in [1.54, 1.807) is 0 Å². The number of anilines is 1. The molecule has 20 heavy (non-hydrogen) atoms. The van der Waals surface area contributed by atoms with Gasteiger partial charge in [0.05, 0.1) is 12.5 Å². The third-order valence-electron chi connectivity index (χ3n) is 3.39. The van der Waals surface area contributed by atoms with Gasteiger partial charge in [-0.05, 0) is 30.5 Å². The van der Waals surface area contributed by atoms with Crippen molar-refractivity contribution in [2.75, 3.05) is 11.9 Å². The molecular formula is C16H24N2O2. The highest BCUT2D eigenvalue weighted by molar-refractivity contribution is 5.91. The van der Waals surface area contributed by atoms with Crippen molar-refractivity contribution >= 4 is 11.6 Å². The number of hydrogen-bond acceptors (Lipinski definition) is 3. The molecule has 1 atom stereocenters. The number of benzene rings is 1. The lowest BCUT2D eigenvalue weighted by molar-refractivity contribution is -0.118. The lowest BCUT2D eigenvalue weighted by Gasteiger charge is -2.11. The first kappa shape index (κ1) is 15.0. The summed E-state index contributed by atoms with van der Waals surface area (Å²) < 4.78 is 5.47. The zero-order valence-electron chi connectivity index (χ0n) is 12.3. The number of amides is 1. The monoisotopic (exact) mass is 276 g/mol. The molecule has 0 saturated carbocycles. The van der Waals surface area contributed by atoms with Crippen molar-refractivity contribution in [1.29, 1.82) is 0 Å². The van der Waals surface area contributed by atoms with Gasteiger partial charge in [0.1, 0.15) is 0 Å². The Bertz CT molecular complexity index is 423. The second-order valence-corrected chi connectivity index (χ2v) is 5.62. The van der Waals surface area contributed by atoms with Gasteiger partial charge in [-0.25, -0.2) is 0 Å². The lowest BCUT2D eigenvalue weighted by Crippen LogP contribution is -2.22. The van der Waals surface area contributed by atoms with Gasteiger partial charge in [-0.3, -0.25) is 4.79 Å². The molecule has 1 unspecified atom stereocenters. The Morgan fingerprint density at radius 2 is 2.10 bits per heavy atom. The highest BCUT2D eigenvalue weighted by Gasteiger charge is 2.18. The van der Waals surface area contributed by atoms with E-state index >= 15 is 0 Å². The molecule has 1 heterocycles. The number of rotatable bonds is 6. The molecule has 1 fully saturated rings. The number of nitrogens with one attached hydrogen (secondary N) is 2. The van der Waals surface area contributed by atoms with E-state index in [0.29, 0.717) is 12.5 Å². The van der Waals surface area contributed by atoms with Crippen LogP contribution >= 0.6 is 0 Å². The summed E-state index contributed by atoms with van der Waals surface area (Å²) >= 11 is 0. The molecule has 110 valence electrons. The topological polar surface area (TPSA) is 50.4 Å². The first-order valence-electron chi connectivity index (χ1n) is 7.37. The summed E-state index contributed by atoms with van der Waals surface area (Å²) in [4.78, 5) is 11.9. The van der Waals surface area contributed by atoms with Crippen molar-refractivity contribution in [1.82, 2.24) is 5.32 Å². The van der Waals surface area contributed by atoms with Crippen LogP contribution in [0.3, 0.4) is 0 Å². The number of ether oxygens (including phenoxy) is 1. The van der Waals surface area contributed by atoms with Gasteiger partial charge in [-0.15, -0.1) is 0 Å². The molecule has 0 spiro atoms. The maximum Gasteiger partial charge on any atom is 0.226 e. The van der Waals surface area contributed by atoms with Crippen LogP contribution in [-0.4, -0.2) is 24.7 Å². The van der Waals surface area contributed by atoms with E-state index < -0.39 is 0 Å². The molecule has 1 aromatic rings. The smallest absolute Gasteiger partial charge is 0.226 e. The maximum atomic E-state index is 11.9. The van der Waals surface area contributed by atoms with Gasteiger partial charge < -0.3 is 15.4 Å². The fourth-order valence-electron chi connectivity index (χ4n) is 2.25. The summed E-state index contributed by atoms with van der Waals surface area (Å²) in [6, 6.07) is 8.45. The highest BCUT2D eigenvalue weighted by Crippen LogP contribution is 2.16. The van der Waals surface area contributed by atoms with Crippen LogP contribution in [0.1, 0.15) is 38.7 Å². The van der Waals surface area contributed by atoms with Crippen LogP contribution in [0, 0.1) is 0 Å². The molecule has 1 aliphatic heterocycles. The zero-order chi connectivity index (χ0) is 14.4. The van der Waals surface area contributed by atoms with Gasteiger partial charge in [0, 0.05) is 24.9 Å². The van der Waals surface area contributed by atoms with Crippen molar-refractivity contribution < 1.29 is 9.53 Å². The molecule has 2 N–H and O–H groups in total. The van der Waals surface area contributed by atoms with Crippen LogP contribution < -0.4 is 10.6 Å². The normalized spacial score (nSPS) is 18.4. The molecule has 0 aromatic heterocycles. The minimum atomic E-state index is 0.0324. The SMILES string of the molecule is CC(C)NCc1ccc(NC(=O)CC2CCCO2)cc1. The Balaban J connectivity index is 1.78. The van der Waals surface area contributed by atoms with Crippen LogP contribution in [0.25, 0.3) is 0 Å². The van der Waals surface area contributed by atoms with E-state index in [4.69, 9.17) is 4.74 Å². The molecule has 1 aliphatic rings. The third kappa shape index (κ3) is 4.94. The molecular weight excluding hydrogens is 252 g/mol. The Morgan fingerprint density at radius 3 is 2.70 bits per heavy atom. The first-order valence-corrected chi connectivity index (χ1v) is 7.37. The van der Waals surface area contributed by atoms with Crippen LogP contribution in [0.5, 0.6) is 0 Å². The molecule has 1 aromatic carbocycles. The Hall–Kier alpha value is -1.39. The molecule has 1 amide bonds. The average Bonchev–Trinajstić information content (AvgIpc) is 2.90. The van der Waals surface area contributed by atoms with E-state index in [1.807, 2.05) is 24.3 Å². The van der Waals surface area contributed by atoms with Crippen molar-refractivity contribution in [3.8, 4) is 0 Å². The van der Waals surface area contributed by atoms with Crippen LogP contribution in [0.4, 0.5) is 5.69 Å². The highest BCUT2D eigenvalue weighted by atomic mass is 16.5. The van der Waals surface area contributed by atoms with E-state index in [1.165, 1.54) is 5.56 Å². The third-order valence-corrected chi connectivity index (χ3v) is 3.39. The zero-order valence-corrected chi connectivity index (χ0v) is 12.3. The predicted molar refractivity (Wildman–Crippen MR) is 80.6 cm³/mol. The predicted octanol–water partition coefficient (Wildman–Crippen LogP) is 2.69. The molecule has 2 rings (SSSR count). The van der Waals surface area contributed by atoms with Crippen molar-refractivity contribution in [2.45, 2.75) is 51.8 Å². The second-order valence-electron chi connectivity index (χ2n) is 5.62. The number of hydrogen-bond donors (Lipinski definition) is 2. The second kappa shape index (κ2) is 7.41. The average molecular weight is 276 g/mol. The fourth-order valence-corrected chi connectivity index (χ4v) is 2.25. The largest absolute Gasteiger partial charge is 0.378 e. The summed E-state index contributed by atoms with van der Waals surface area (Å²) in [5.41, 5.74) is 2.07. The quantitative estimate of drug-likeness (QED) is 0.840. The van der Waals surface area contributed by atoms with Gasteiger partial charge in [0.25, 0.3) is 0 Å². The minimum absolute atomic E-state index is 0.0324. The number of carbonyl (C=O) groups is 1. The summed E-state index contributed by atoms with van der Waals surface area (Å²) in [5, 5.41) is 6.29. The number of carbonyl (C=O) groups excluding carboxylic acids is 1. The van der Waals surface area contributed by atoms with Crippen LogP contribution in [0.2, 0.25) is 0 Å². The molecule has 0 bridgehead atoms. The summed E-state index contributed by atoms with van der Waals surface area (Å²) in [5.74, 6) is 0.0324. The van der Waals surface area contributed by atoms with E-state index in [-0.39, 0.29) is 12.0 Å². The summed E-state index contributed by atoms with van der Waals surface area (Å²) in [6.07, 6.45) is 2.61. The van der Waals surface area contributed by atoms with Gasteiger partial charge >= 0.3 is 0 Å². The first-order chi connectivity index (χ1) is 9.63. The molecule has 0 aliphatic carbocycles. The summed E-state index contributed by atoms with van der Waals surface area (Å²) in [6.45, 7) is 5.89. The Kier molecular flexibility index (Phi) is 5.56. The van der Waals surface area contributed by atoms with Crippen molar-refractivity contribution in [3.05, 3.63) is 29.8 Å². The lowest BCUT2D eigenvalue weighted by atomic mass is 10.1. The van der Waals surface area contributed by atoms with E-state index in [0.717, 1.165) is 31.7 Å². The molecule has 1 saturated heterocycles. The van der Waals surface area contributed by atoms with Gasteiger partial charge in [-0.1, -0.05) is 26.0 Å². The van der Waals surface area contributed by atoms with Gasteiger partial charge in [0.2, 0.25) is 5.91 Å². The van der Waals surface area contributed by atoms with E-state index in [9.17, 15) is 4.79 Å². The van der Waals surface area contributed by atoms with Crippen molar-refractivity contribution in [3.63, 3.8) is 0 Å². The fraction of sp³-hybridized carbons (Fsp3) is 0.562. The Labute approximate surface area is 120 Å². The Morgan fingerprint density at radius 1 is 1.35 bits per heavy atom. The van der Waals surface area contributed by atoms with Gasteiger partial charge in [0.15, 0.2) is 0 Å². The van der Waals surface area contributed by atoms with Gasteiger partial charge in [-0.2, -0.15) is 0 Å². The molecule has 0 radical (unpaired) electrons. The van der Waals surface area contributed by atoms with E-state index in [2.05, 4.69) is 24.5 Å². The molecule has 4 heteroatoms. The van der Waals surface area contributed by atoms with Crippen LogP contribution in [0.15, 0.2) is 24.3 Å². The minimum Gasteiger partial charge on any atom is -0.378 e. The summed E-state index contributed by atoms with van der Waals surface area (Å²) in [7, 11) is 0.